The topological polar surface area (TPSA) is 226 Å². The van der Waals surface area contributed by atoms with Gasteiger partial charge in [0, 0.05) is 0 Å². The molecule has 1 aliphatic carbocycles. The fourth-order valence-corrected chi connectivity index (χ4v) is 7.22. The Labute approximate surface area is 324 Å². The van der Waals surface area contributed by atoms with E-state index in [4.69, 9.17) is 9.05 Å². The third-order valence-corrected chi connectivity index (χ3v) is 10.7. The van der Waals surface area contributed by atoms with E-state index >= 15 is 0 Å². The van der Waals surface area contributed by atoms with Crippen LogP contribution >= 0.6 is 7.82 Å². The van der Waals surface area contributed by atoms with Crippen molar-refractivity contribution in [3.8, 4) is 0 Å². The van der Waals surface area contributed by atoms with Crippen LogP contribution in [0.2, 0.25) is 0 Å². The second-order valence-electron chi connectivity index (χ2n) is 14.7. The van der Waals surface area contributed by atoms with Crippen LogP contribution in [0.15, 0.2) is 36.5 Å². The van der Waals surface area contributed by atoms with Crippen molar-refractivity contribution in [1.29, 1.82) is 0 Å². The fourth-order valence-electron chi connectivity index (χ4n) is 6.26. The normalized spacial score (nSPS) is 25.0. The highest BCUT2D eigenvalue weighted by molar-refractivity contribution is 7.47. The monoisotopic (exact) mass is 791 g/mol. The van der Waals surface area contributed by atoms with Crippen LogP contribution in [0.4, 0.5) is 0 Å². The van der Waals surface area contributed by atoms with Crippen LogP contribution in [0.1, 0.15) is 149 Å². The number of carbonyl (C=O) groups is 1. The minimum Gasteiger partial charge on any atom is -0.393 e. The van der Waals surface area contributed by atoms with Gasteiger partial charge < -0.3 is 46.0 Å². The Morgan fingerprint density at radius 2 is 1.13 bits per heavy atom. The lowest BCUT2D eigenvalue weighted by atomic mass is 9.85. The number of hydrogen-bond donors (Lipinski definition) is 9. The molecule has 8 atom stereocenters. The maximum Gasteiger partial charge on any atom is 0.472 e. The summed E-state index contributed by atoms with van der Waals surface area (Å²) in [4.78, 5) is 23.2. The van der Waals surface area contributed by atoms with E-state index in [9.17, 15) is 50.0 Å². The van der Waals surface area contributed by atoms with Crippen molar-refractivity contribution in [3.63, 3.8) is 0 Å². The number of phosphoric acid groups is 1. The number of rotatable bonds is 32. The Bertz CT molecular complexity index is 1080. The van der Waals surface area contributed by atoms with Crippen LogP contribution < -0.4 is 5.32 Å². The zero-order valence-electron chi connectivity index (χ0n) is 32.9. The maximum atomic E-state index is 12.9. The number of aliphatic hydroxyl groups excluding tert-OH is 7. The highest BCUT2D eigenvalue weighted by Crippen LogP contribution is 2.47. The second-order valence-corrected chi connectivity index (χ2v) is 16.1. The summed E-state index contributed by atoms with van der Waals surface area (Å²) < 4.78 is 22.6. The third kappa shape index (κ3) is 22.9. The van der Waals surface area contributed by atoms with Crippen LogP contribution in [0.5, 0.6) is 0 Å². The van der Waals surface area contributed by atoms with Gasteiger partial charge in [-0.25, -0.2) is 4.57 Å². The molecular formula is C40H74NO12P. The molecule has 0 aliphatic heterocycles. The Kier molecular flexibility index (Phi) is 28.7. The lowest BCUT2D eigenvalue weighted by molar-refractivity contribution is -0.220. The standard InChI is InChI=1S/C40H74NO12P/c1-3-5-7-9-11-12-13-14-15-16-17-18-19-20-22-23-25-27-31(42)29-34(44)41-32(33(43)28-26-24-21-10-8-6-4-2)30-52-54(50,51)53-40-38(48)36(46)35(45)37(47)39(40)49/h8,10,16-17,26,28,31-33,35-40,42-43,45-49H,3-7,9,11-15,18-25,27,29-30H2,1-2H3,(H,41,44)(H,50,51)/b10-8+,17-16-,28-26+. The van der Waals surface area contributed by atoms with Crippen molar-refractivity contribution in [2.24, 2.45) is 0 Å². The Hall–Kier alpha value is -1.48. The zero-order valence-corrected chi connectivity index (χ0v) is 33.8. The lowest BCUT2D eigenvalue weighted by Gasteiger charge is -2.41. The van der Waals surface area contributed by atoms with E-state index in [2.05, 4.69) is 37.4 Å². The van der Waals surface area contributed by atoms with E-state index in [1.165, 1.54) is 57.4 Å². The van der Waals surface area contributed by atoms with Gasteiger partial charge in [0.05, 0.1) is 31.3 Å². The van der Waals surface area contributed by atoms with E-state index in [1.807, 2.05) is 6.08 Å². The molecule has 0 radical (unpaired) electrons. The number of phosphoric ester groups is 1. The minimum atomic E-state index is -5.14. The molecule has 1 saturated carbocycles. The molecule has 0 aromatic rings. The summed E-state index contributed by atoms with van der Waals surface area (Å²) in [5.41, 5.74) is 0. The first-order chi connectivity index (χ1) is 25.8. The molecule has 0 aromatic carbocycles. The van der Waals surface area contributed by atoms with Crippen LogP contribution in [0.25, 0.3) is 0 Å². The van der Waals surface area contributed by atoms with Crippen molar-refractivity contribution in [2.45, 2.75) is 204 Å². The molecule has 0 heterocycles. The first-order valence-electron chi connectivity index (χ1n) is 20.5. The second kappa shape index (κ2) is 30.6. The maximum absolute atomic E-state index is 12.9. The Balaban J connectivity index is 2.51. The molecule has 54 heavy (non-hydrogen) atoms. The number of nitrogens with one attached hydrogen (secondary N) is 1. The number of unbranched alkanes of at least 4 members (excludes halogenated alkanes) is 15. The van der Waals surface area contributed by atoms with E-state index in [0.29, 0.717) is 12.8 Å². The predicted molar refractivity (Wildman–Crippen MR) is 210 cm³/mol. The molecular weight excluding hydrogens is 717 g/mol. The van der Waals surface area contributed by atoms with Crippen molar-refractivity contribution < 1.29 is 59.0 Å². The van der Waals surface area contributed by atoms with E-state index in [-0.39, 0.29) is 6.42 Å². The zero-order chi connectivity index (χ0) is 40.2. The Morgan fingerprint density at radius 1 is 0.648 bits per heavy atom. The van der Waals surface area contributed by atoms with Crippen LogP contribution in [0, 0.1) is 0 Å². The molecule has 13 nitrogen and oxygen atoms in total. The van der Waals surface area contributed by atoms with Gasteiger partial charge in [0.1, 0.15) is 36.6 Å². The van der Waals surface area contributed by atoms with E-state index in [0.717, 1.165) is 64.2 Å². The molecule has 1 amide bonds. The molecule has 0 aromatic heterocycles. The molecule has 9 N–H and O–H groups in total. The molecule has 8 unspecified atom stereocenters. The average molecular weight is 792 g/mol. The molecule has 0 spiro atoms. The summed E-state index contributed by atoms with van der Waals surface area (Å²) in [5, 5.41) is 73.9. The molecule has 14 heteroatoms. The van der Waals surface area contributed by atoms with Crippen LogP contribution in [-0.4, -0.2) is 108 Å². The van der Waals surface area contributed by atoms with Gasteiger partial charge in [0.15, 0.2) is 0 Å². The van der Waals surface area contributed by atoms with Gasteiger partial charge in [0.25, 0.3) is 0 Å². The summed E-state index contributed by atoms with van der Waals surface area (Å²) >= 11 is 0. The molecule has 316 valence electrons. The lowest BCUT2D eigenvalue weighted by Crippen LogP contribution is -2.64. The van der Waals surface area contributed by atoms with Crippen molar-refractivity contribution >= 4 is 13.7 Å². The first kappa shape index (κ1) is 50.5. The third-order valence-electron chi connectivity index (χ3n) is 9.68. The van der Waals surface area contributed by atoms with Gasteiger partial charge in [-0.15, -0.1) is 0 Å². The van der Waals surface area contributed by atoms with Crippen LogP contribution in [-0.2, 0) is 18.4 Å². The quantitative estimate of drug-likeness (QED) is 0.0237. The molecule has 1 fully saturated rings. The van der Waals surface area contributed by atoms with E-state index < -0.39 is 75.2 Å². The van der Waals surface area contributed by atoms with Gasteiger partial charge in [0.2, 0.25) is 5.91 Å². The van der Waals surface area contributed by atoms with Crippen molar-refractivity contribution in [3.05, 3.63) is 36.5 Å². The smallest absolute Gasteiger partial charge is 0.393 e. The molecule has 0 saturated heterocycles. The SMILES string of the molecule is CCC/C=C/CC/C=C/C(O)C(COP(=O)(O)OC1C(O)C(O)C(O)C(O)C1O)NC(=O)CC(O)CCCCCCC/C=C\CCCCCCCCCC. The molecule has 1 aliphatic rings. The number of amides is 1. The number of allylic oxidation sites excluding steroid dienone is 5. The van der Waals surface area contributed by atoms with Gasteiger partial charge >= 0.3 is 7.82 Å². The van der Waals surface area contributed by atoms with Gasteiger partial charge in [-0.1, -0.05) is 127 Å². The average Bonchev–Trinajstić information content (AvgIpc) is 3.14. The van der Waals surface area contributed by atoms with Crippen molar-refractivity contribution in [2.75, 3.05) is 6.61 Å². The minimum absolute atomic E-state index is 0.259. The molecule has 0 bridgehead atoms. The summed E-state index contributed by atoms with van der Waals surface area (Å²) in [6.45, 7) is 3.56. The number of hydrogen-bond acceptors (Lipinski definition) is 11. The first-order valence-corrected chi connectivity index (χ1v) is 22.0. The summed E-state index contributed by atoms with van der Waals surface area (Å²) in [7, 11) is -5.14. The van der Waals surface area contributed by atoms with Crippen molar-refractivity contribution in [1.82, 2.24) is 5.32 Å². The summed E-state index contributed by atoms with van der Waals surface area (Å²) in [6.07, 6.45) is 18.7. The van der Waals surface area contributed by atoms with Gasteiger partial charge in [-0.3, -0.25) is 13.8 Å². The number of aliphatic hydroxyl groups is 7. The van der Waals surface area contributed by atoms with Gasteiger partial charge in [-0.2, -0.15) is 0 Å². The predicted octanol–water partition coefficient (Wildman–Crippen LogP) is 5.41. The summed E-state index contributed by atoms with van der Waals surface area (Å²) in [6, 6.07) is -1.26. The summed E-state index contributed by atoms with van der Waals surface area (Å²) in [5.74, 6) is -0.614. The van der Waals surface area contributed by atoms with Gasteiger partial charge in [-0.05, 0) is 51.4 Å². The molecule has 1 rings (SSSR count). The van der Waals surface area contributed by atoms with E-state index in [1.54, 1.807) is 6.08 Å². The largest absolute Gasteiger partial charge is 0.472 e. The Morgan fingerprint density at radius 3 is 1.70 bits per heavy atom. The highest BCUT2D eigenvalue weighted by atomic mass is 31.2. The number of carbonyl (C=O) groups excluding carboxylic acids is 1. The highest BCUT2D eigenvalue weighted by Gasteiger charge is 2.51. The fraction of sp³-hybridized carbons (Fsp3) is 0.825. The van der Waals surface area contributed by atoms with Crippen LogP contribution in [0.3, 0.4) is 0 Å².